The molecule has 33 heavy (non-hydrogen) atoms. The van der Waals surface area contributed by atoms with E-state index < -0.39 is 0 Å². The number of carbonyl (C=O) groups is 2. The minimum Gasteiger partial charge on any atom is -0.468 e. The van der Waals surface area contributed by atoms with Crippen molar-refractivity contribution in [2.45, 2.75) is 27.2 Å². The van der Waals surface area contributed by atoms with Gasteiger partial charge < -0.3 is 14.8 Å². The normalized spacial score (nSPS) is 11.8. The van der Waals surface area contributed by atoms with Crippen molar-refractivity contribution in [2.24, 2.45) is 4.99 Å². The highest BCUT2D eigenvalue weighted by Crippen LogP contribution is 2.13. The van der Waals surface area contributed by atoms with Gasteiger partial charge >= 0.3 is 5.97 Å². The van der Waals surface area contributed by atoms with E-state index in [1.54, 1.807) is 13.4 Å². The van der Waals surface area contributed by atoms with Crippen LogP contribution in [0.15, 0.2) is 47.0 Å². The third-order valence-electron chi connectivity index (χ3n) is 4.21. The van der Waals surface area contributed by atoms with Gasteiger partial charge in [-0.3, -0.25) is 19.5 Å². The molecule has 1 N–H and O–H groups in total. The fourth-order valence-electron chi connectivity index (χ4n) is 2.32. The first kappa shape index (κ1) is 29.9. The van der Waals surface area contributed by atoms with Crippen LogP contribution >= 0.6 is 0 Å². The molecule has 0 bridgehead atoms. The molecule has 1 rings (SSSR count). The minimum atomic E-state index is -0.181. The van der Waals surface area contributed by atoms with Crippen LogP contribution in [0.2, 0.25) is 0 Å². The van der Waals surface area contributed by atoms with Gasteiger partial charge in [-0.25, -0.2) is 4.98 Å². The summed E-state index contributed by atoms with van der Waals surface area (Å²) in [5.41, 5.74) is 2.82. The summed E-state index contributed by atoms with van der Waals surface area (Å²) in [6.07, 6.45) is 13.3. The maximum absolute atomic E-state index is 11.2. The first-order chi connectivity index (χ1) is 15.9. The Morgan fingerprint density at radius 1 is 1.24 bits per heavy atom. The van der Waals surface area contributed by atoms with Crippen LogP contribution < -0.4 is 5.32 Å². The van der Waals surface area contributed by atoms with Gasteiger partial charge in [0.25, 0.3) is 0 Å². The van der Waals surface area contributed by atoms with E-state index in [1.165, 1.54) is 7.11 Å². The molecule has 8 heteroatoms. The van der Waals surface area contributed by atoms with Crippen molar-refractivity contribution in [3.05, 3.63) is 53.4 Å². The largest absolute Gasteiger partial charge is 0.468 e. The number of methoxy groups -OCH3 is 2. The van der Waals surface area contributed by atoms with Crippen LogP contribution in [0.25, 0.3) is 6.08 Å². The van der Waals surface area contributed by atoms with E-state index >= 15 is 0 Å². The molecule has 0 radical (unpaired) electrons. The smallest absolute Gasteiger partial charge is 0.319 e. The Hall–Kier alpha value is -3.10. The lowest BCUT2D eigenvalue weighted by atomic mass is 10.1. The highest BCUT2D eigenvalue weighted by atomic mass is 16.5. The number of allylic oxidation sites excluding steroid dienone is 5. The highest BCUT2D eigenvalue weighted by Gasteiger charge is 2.03. The molecule has 1 aromatic heterocycles. The third-order valence-corrected chi connectivity index (χ3v) is 4.21. The number of aliphatic imine (C=N–C) groups is 1. The number of likely N-dealkylation sites (N-methyl/N-ethyl adjacent to an activating group) is 1. The number of nitrogens with zero attached hydrogens (tertiary/aromatic N) is 3. The highest BCUT2D eigenvalue weighted by molar-refractivity contribution is 5.88. The van der Waals surface area contributed by atoms with E-state index in [4.69, 9.17) is 4.74 Å². The van der Waals surface area contributed by atoms with Crippen molar-refractivity contribution >= 4 is 30.4 Å². The standard InChI is InChI=1S/C19H25N3O2.C6H13NO2/c1-4-6-16(7-5-2)8-9-17-10-11-18(19(14-23)22-17)21-15-20-12-13-24-3;1-4-7(2)5-6(8)9-3/h4,6-11,14-15H,5,12-13H2,1-3H3,(H,20,21);4-5H2,1-3H3/b6-4-,9-8+,16-7+;. The molecule has 0 aliphatic carbocycles. The molecule has 0 spiro atoms. The van der Waals surface area contributed by atoms with Crippen molar-refractivity contribution in [2.75, 3.05) is 52.8 Å². The maximum Gasteiger partial charge on any atom is 0.319 e. The summed E-state index contributed by atoms with van der Waals surface area (Å²) in [7, 11) is 4.89. The van der Waals surface area contributed by atoms with Crippen LogP contribution in [-0.2, 0) is 14.3 Å². The second-order valence-corrected chi connectivity index (χ2v) is 6.81. The summed E-state index contributed by atoms with van der Waals surface area (Å²) in [6.45, 7) is 8.43. The number of carbonyl (C=O) groups excluding carboxylic acids is 2. The molecule has 0 amide bonds. The fraction of sp³-hybridized carbons (Fsp3) is 0.440. The Morgan fingerprint density at radius 2 is 2.00 bits per heavy atom. The van der Waals surface area contributed by atoms with Crippen LogP contribution in [0, 0.1) is 0 Å². The molecule has 0 saturated carbocycles. The molecular formula is C25H38N4O4. The lowest BCUT2D eigenvalue weighted by Crippen LogP contribution is -2.26. The molecule has 0 fully saturated rings. The number of nitrogens with one attached hydrogen (secondary N) is 1. The summed E-state index contributed by atoms with van der Waals surface area (Å²) in [5.74, 6) is -0.181. The molecule has 0 atom stereocenters. The summed E-state index contributed by atoms with van der Waals surface area (Å²) >= 11 is 0. The summed E-state index contributed by atoms with van der Waals surface area (Å²) < 4.78 is 9.35. The van der Waals surface area contributed by atoms with E-state index in [1.807, 2.05) is 62.2 Å². The number of rotatable bonds is 13. The zero-order valence-corrected chi connectivity index (χ0v) is 20.7. The molecule has 1 heterocycles. The van der Waals surface area contributed by atoms with Crippen LogP contribution in [0.5, 0.6) is 0 Å². The quantitative estimate of drug-likeness (QED) is 0.119. The molecule has 0 unspecified atom stereocenters. The van der Waals surface area contributed by atoms with Crippen molar-refractivity contribution in [3.63, 3.8) is 0 Å². The topological polar surface area (TPSA) is 93.1 Å². The van der Waals surface area contributed by atoms with Gasteiger partial charge in [0, 0.05) is 7.11 Å². The number of aromatic nitrogens is 1. The molecule has 0 aliphatic rings. The Balaban J connectivity index is 0.000000960. The van der Waals surface area contributed by atoms with Gasteiger partial charge in [0.2, 0.25) is 0 Å². The van der Waals surface area contributed by atoms with Gasteiger partial charge in [0.05, 0.1) is 44.5 Å². The molecule has 0 saturated heterocycles. The van der Waals surface area contributed by atoms with Gasteiger partial charge in [-0.05, 0) is 50.7 Å². The lowest BCUT2D eigenvalue weighted by Gasteiger charge is -2.10. The predicted octanol–water partition coefficient (Wildman–Crippen LogP) is 4.02. The lowest BCUT2D eigenvalue weighted by molar-refractivity contribution is -0.141. The zero-order valence-electron chi connectivity index (χ0n) is 20.7. The Labute approximate surface area is 198 Å². The number of hydrogen-bond donors (Lipinski definition) is 1. The molecule has 182 valence electrons. The van der Waals surface area contributed by atoms with Crippen molar-refractivity contribution in [1.29, 1.82) is 0 Å². The van der Waals surface area contributed by atoms with Crippen molar-refractivity contribution in [3.8, 4) is 0 Å². The first-order valence-electron chi connectivity index (χ1n) is 10.9. The minimum absolute atomic E-state index is 0.181. The molecular weight excluding hydrogens is 420 g/mol. The van der Waals surface area contributed by atoms with Crippen LogP contribution in [0.4, 0.5) is 5.69 Å². The molecule has 0 aromatic carbocycles. The van der Waals surface area contributed by atoms with Gasteiger partial charge in [-0.2, -0.15) is 0 Å². The number of pyridine rings is 1. The average Bonchev–Trinajstić information content (AvgIpc) is 2.83. The summed E-state index contributed by atoms with van der Waals surface area (Å²) in [4.78, 5) is 32.1. The Morgan fingerprint density at radius 3 is 2.58 bits per heavy atom. The monoisotopic (exact) mass is 458 g/mol. The van der Waals surface area contributed by atoms with Crippen molar-refractivity contribution in [1.82, 2.24) is 9.88 Å². The van der Waals surface area contributed by atoms with Crippen molar-refractivity contribution < 1.29 is 19.1 Å². The summed E-state index contributed by atoms with van der Waals surface area (Å²) in [5, 5.41) is 2.97. The zero-order chi connectivity index (χ0) is 24.9. The van der Waals surface area contributed by atoms with Gasteiger partial charge in [-0.1, -0.05) is 38.2 Å². The van der Waals surface area contributed by atoms with E-state index in [0.717, 1.165) is 30.5 Å². The molecule has 1 aromatic rings. The summed E-state index contributed by atoms with van der Waals surface area (Å²) in [6, 6.07) is 3.67. The third kappa shape index (κ3) is 14.6. The second-order valence-electron chi connectivity index (χ2n) is 6.81. The van der Waals surface area contributed by atoms with E-state index in [9.17, 15) is 9.59 Å². The SMILES string of the molecule is CCN(C)CC(=O)OC.C\C=C/C(/C=C/c1ccc(NC=NCCOC)c(C=O)n1)=C\CC. The van der Waals surface area contributed by atoms with Gasteiger partial charge in [0.15, 0.2) is 6.29 Å². The number of aldehydes is 1. The number of hydrogen-bond acceptors (Lipinski definition) is 7. The van der Waals surface area contributed by atoms with Gasteiger partial charge in [0.1, 0.15) is 5.69 Å². The molecule has 0 aliphatic heterocycles. The predicted molar refractivity (Wildman–Crippen MR) is 136 cm³/mol. The van der Waals surface area contributed by atoms with Crippen LogP contribution in [-0.4, -0.2) is 76.0 Å². The maximum atomic E-state index is 11.2. The van der Waals surface area contributed by atoms with Crippen LogP contribution in [0.1, 0.15) is 43.4 Å². The van der Waals surface area contributed by atoms with E-state index in [-0.39, 0.29) is 5.97 Å². The van der Waals surface area contributed by atoms with Gasteiger partial charge in [-0.15, -0.1) is 0 Å². The van der Waals surface area contributed by atoms with E-state index in [0.29, 0.717) is 31.1 Å². The van der Waals surface area contributed by atoms with Crippen LogP contribution in [0.3, 0.4) is 0 Å². The average molecular weight is 459 g/mol. The first-order valence-corrected chi connectivity index (χ1v) is 10.9. The number of esters is 1. The second kappa shape index (κ2) is 19.6. The Kier molecular flexibility index (Phi) is 17.7. The fourth-order valence-corrected chi connectivity index (χ4v) is 2.32. The molecule has 8 nitrogen and oxygen atoms in total. The number of ether oxygens (including phenoxy) is 2. The van der Waals surface area contributed by atoms with E-state index in [2.05, 4.69) is 33.0 Å². The Bertz CT molecular complexity index is 817. The number of anilines is 1.